The quantitative estimate of drug-likeness (QED) is 0.601. The second kappa shape index (κ2) is 6.20. The SMILES string of the molecule is Cc1cccc2c1nc(CCCl)n2Cc1ccc(Br)cc1. The monoisotopic (exact) mass is 362 g/mol. The predicted octanol–water partition coefficient (Wildman–Crippen LogP) is 4.94. The normalized spacial score (nSPS) is 11.2. The van der Waals surface area contributed by atoms with Crippen LogP contribution in [0.15, 0.2) is 46.9 Å². The lowest BCUT2D eigenvalue weighted by Crippen LogP contribution is -2.05. The molecule has 0 saturated carbocycles. The van der Waals surface area contributed by atoms with Gasteiger partial charge in [0, 0.05) is 23.3 Å². The number of imidazole rings is 1. The molecule has 0 atom stereocenters. The Hall–Kier alpha value is -1.32. The third-order valence-electron chi connectivity index (χ3n) is 3.63. The minimum Gasteiger partial charge on any atom is -0.323 e. The number of hydrogen-bond donors (Lipinski definition) is 0. The summed E-state index contributed by atoms with van der Waals surface area (Å²) in [5, 5.41) is 0. The van der Waals surface area contributed by atoms with Crippen LogP contribution in [-0.4, -0.2) is 15.4 Å². The number of para-hydroxylation sites is 1. The fourth-order valence-electron chi connectivity index (χ4n) is 2.56. The first kappa shape index (κ1) is 14.6. The lowest BCUT2D eigenvalue weighted by atomic mass is 10.2. The molecular weight excluding hydrogens is 348 g/mol. The van der Waals surface area contributed by atoms with Crippen molar-refractivity contribution in [3.63, 3.8) is 0 Å². The smallest absolute Gasteiger partial charge is 0.111 e. The molecule has 1 aromatic heterocycles. The van der Waals surface area contributed by atoms with E-state index in [1.54, 1.807) is 0 Å². The zero-order valence-electron chi connectivity index (χ0n) is 11.8. The van der Waals surface area contributed by atoms with Crippen molar-refractivity contribution in [2.75, 3.05) is 5.88 Å². The second-order valence-corrected chi connectivity index (χ2v) is 6.42. The number of rotatable bonds is 4. The van der Waals surface area contributed by atoms with Crippen LogP contribution < -0.4 is 0 Å². The van der Waals surface area contributed by atoms with Gasteiger partial charge in [-0.05, 0) is 36.2 Å². The molecule has 0 amide bonds. The van der Waals surface area contributed by atoms with Crippen molar-refractivity contribution < 1.29 is 0 Å². The number of nitrogens with zero attached hydrogens (tertiary/aromatic N) is 2. The molecule has 0 spiro atoms. The van der Waals surface area contributed by atoms with E-state index in [9.17, 15) is 0 Å². The minimum absolute atomic E-state index is 0.586. The van der Waals surface area contributed by atoms with E-state index in [0.29, 0.717) is 5.88 Å². The van der Waals surface area contributed by atoms with E-state index in [1.807, 2.05) is 0 Å². The van der Waals surface area contributed by atoms with Crippen molar-refractivity contribution in [1.82, 2.24) is 9.55 Å². The fraction of sp³-hybridized carbons (Fsp3) is 0.235. The zero-order valence-corrected chi connectivity index (χ0v) is 14.2. The highest BCUT2D eigenvalue weighted by atomic mass is 79.9. The summed E-state index contributed by atoms with van der Waals surface area (Å²) < 4.78 is 3.37. The summed E-state index contributed by atoms with van der Waals surface area (Å²) in [5.41, 5.74) is 4.72. The second-order valence-electron chi connectivity index (χ2n) is 5.12. The molecule has 0 bridgehead atoms. The van der Waals surface area contributed by atoms with Gasteiger partial charge in [-0.25, -0.2) is 4.98 Å². The van der Waals surface area contributed by atoms with Crippen LogP contribution in [0.3, 0.4) is 0 Å². The Labute approximate surface area is 137 Å². The zero-order chi connectivity index (χ0) is 14.8. The highest BCUT2D eigenvalue weighted by Gasteiger charge is 2.12. The van der Waals surface area contributed by atoms with Crippen molar-refractivity contribution in [3.05, 3.63) is 63.9 Å². The van der Waals surface area contributed by atoms with Crippen LogP contribution in [0.4, 0.5) is 0 Å². The Morgan fingerprint density at radius 2 is 1.90 bits per heavy atom. The number of halogens is 2. The summed E-state index contributed by atoms with van der Waals surface area (Å²) >= 11 is 9.42. The van der Waals surface area contributed by atoms with Gasteiger partial charge in [0.2, 0.25) is 0 Å². The maximum Gasteiger partial charge on any atom is 0.111 e. The van der Waals surface area contributed by atoms with E-state index < -0.39 is 0 Å². The number of hydrogen-bond acceptors (Lipinski definition) is 1. The van der Waals surface area contributed by atoms with Gasteiger partial charge in [0.05, 0.1) is 11.0 Å². The van der Waals surface area contributed by atoms with E-state index in [0.717, 1.165) is 28.8 Å². The van der Waals surface area contributed by atoms with Crippen LogP contribution in [0, 0.1) is 6.92 Å². The lowest BCUT2D eigenvalue weighted by Gasteiger charge is -2.09. The fourth-order valence-corrected chi connectivity index (χ4v) is 2.99. The summed E-state index contributed by atoms with van der Waals surface area (Å²) in [6.07, 6.45) is 0.784. The van der Waals surface area contributed by atoms with Gasteiger partial charge < -0.3 is 4.57 Å². The maximum atomic E-state index is 5.94. The van der Waals surface area contributed by atoms with Gasteiger partial charge in [-0.15, -0.1) is 11.6 Å². The molecular formula is C17H16BrClN2. The summed E-state index contributed by atoms with van der Waals surface area (Å²) in [6.45, 7) is 2.92. The van der Waals surface area contributed by atoms with E-state index in [2.05, 4.69) is 69.9 Å². The van der Waals surface area contributed by atoms with Crippen LogP contribution in [0.1, 0.15) is 17.0 Å². The molecule has 21 heavy (non-hydrogen) atoms. The van der Waals surface area contributed by atoms with Crippen molar-refractivity contribution >= 4 is 38.6 Å². The Kier molecular flexibility index (Phi) is 4.32. The van der Waals surface area contributed by atoms with Gasteiger partial charge in [-0.2, -0.15) is 0 Å². The molecule has 0 aliphatic carbocycles. The number of aryl methyl sites for hydroxylation is 2. The standard InChI is InChI=1S/C17H16BrClN2/c1-12-3-2-4-15-17(12)20-16(9-10-19)21(15)11-13-5-7-14(18)8-6-13/h2-8H,9-11H2,1H3. The van der Waals surface area contributed by atoms with Gasteiger partial charge in [-0.3, -0.25) is 0 Å². The third kappa shape index (κ3) is 2.99. The molecule has 0 saturated heterocycles. The highest BCUT2D eigenvalue weighted by Crippen LogP contribution is 2.22. The van der Waals surface area contributed by atoms with E-state index in [1.165, 1.54) is 16.6 Å². The molecule has 0 aliphatic rings. The van der Waals surface area contributed by atoms with Crippen molar-refractivity contribution in [2.24, 2.45) is 0 Å². The molecule has 0 aliphatic heterocycles. The Morgan fingerprint density at radius 3 is 2.62 bits per heavy atom. The van der Waals surface area contributed by atoms with Gasteiger partial charge in [0.25, 0.3) is 0 Å². The first-order valence-corrected chi connectivity index (χ1v) is 8.27. The number of benzene rings is 2. The lowest BCUT2D eigenvalue weighted by molar-refractivity contribution is 0.754. The highest BCUT2D eigenvalue weighted by molar-refractivity contribution is 9.10. The van der Waals surface area contributed by atoms with Gasteiger partial charge in [0.15, 0.2) is 0 Å². The number of aromatic nitrogens is 2. The average molecular weight is 364 g/mol. The van der Waals surface area contributed by atoms with E-state index >= 15 is 0 Å². The predicted molar refractivity (Wildman–Crippen MR) is 92.1 cm³/mol. The largest absolute Gasteiger partial charge is 0.323 e. The van der Waals surface area contributed by atoms with Gasteiger partial charge in [-0.1, -0.05) is 40.2 Å². The maximum absolute atomic E-state index is 5.94. The Bertz CT molecular complexity index is 762. The molecule has 3 rings (SSSR count). The van der Waals surface area contributed by atoms with Crippen LogP contribution in [0.5, 0.6) is 0 Å². The minimum atomic E-state index is 0.586. The first-order chi connectivity index (χ1) is 10.2. The molecule has 2 aromatic carbocycles. The summed E-state index contributed by atoms with van der Waals surface area (Å²) in [6, 6.07) is 14.7. The van der Waals surface area contributed by atoms with Crippen LogP contribution in [0.25, 0.3) is 11.0 Å². The summed E-state index contributed by atoms with van der Waals surface area (Å²) in [5.74, 6) is 1.64. The molecule has 1 heterocycles. The molecule has 4 heteroatoms. The van der Waals surface area contributed by atoms with Crippen LogP contribution >= 0.6 is 27.5 Å². The molecule has 0 radical (unpaired) electrons. The van der Waals surface area contributed by atoms with E-state index in [4.69, 9.17) is 16.6 Å². The summed E-state index contributed by atoms with van der Waals surface area (Å²) in [7, 11) is 0. The Balaban J connectivity index is 2.08. The number of fused-ring (bicyclic) bond motifs is 1. The number of alkyl halides is 1. The third-order valence-corrected chi connectivity index (χ3v) is 4.35. The molecule has 108 valence electrons. The van der Waals surface area contributed by atoms with Crippen molar-refractivity contribution in [1.29, 1.82) is 0 Å². The van der Waals surface area contributed by atoms with Crippen molar-refractivity contribution in [3.8, 4) is 0 Å². The van der Waals surface area contributed by atoms with Gasteiger partial charge in [0.1, 0.15) is 5.82 Å². The molecule has 3 aromatic rings. The van der Waals surface area contributed by atoms with Gasteiger partial charge >= 0.3 is 0 Å². The topological polar surface area (TPSA) is 17.8 Å². The van der Waals surface area contributed by atoms with Crippen LogP contribution in [0.2, 0.25) is 0 Å². The molecule has 0 N–H and O–H groups in total. The first-order valence-electron chi connectivity index (χ1n) is 6.94. The summed E-state index contributed by atoms with van der Waals surface area (Å²) in [4.78, 5) is 4.78. The van der Waals surface area contributed by atoms with Crippen molar-refractivity contribution in [2.45, 2.75) is 19.9 Å². The van der Waals surface area contributed by atoms with Crippen LogP contribution in [-0.2, 0) is 13.0 Å². The molecule has 2 nitrogen and oxygen atoms in total. The molecule has 0 unspecified atom stereocenters. The molecule has 0 fully saturated rings. The Morgan fingerprint density at radius 1 is 1.14 bits per heavy atom. The average Bonchev–Trinajstić information content (AvgIpc) is 2.82. The van der Waals surface area contributed by atoms with E-state index in [-0.39, 0.29) is 0 Å².